The Morgan fingerprint density at radius 1 is 1.16 bits per heavy atom. The summed E-state index contributed by atoms with van der Waals surface area (Å²) in [6.07, 6.45) is 4.14. The fraction of sp³-hybridized carbons (Fsp3) is 0.440. The first-order valence-corrected chi connectivity index (χ1v) is 12.5. The Balaban J connectivity index is 1.40. The second-order valence-corrected chi connectivity index (χ2v) is 11.0. The van der Waals surface area contributed by atoms with Crippen molar-refractivity contribution in [3.63, 3.8) is 0 Å². The maximum absolute atomic E-state index is 12.7. The summed E-state index contributed by atoms with van der Waals surface area (Å²) in [6.45, 7) is 7.49. The van der Waals surface area contributed by atoms with Crippen molar-refractivity contribution in [1.82, 2.24) is 9.88 Å². The maximum Gasteiger partial charge on any atom is 0.296 e. The summed E-state index contributed by atoms with van der Waals surface area (Å²) in [5, 5.41) is 1.36. The lowest BCUT2D eigenvalue weighted by molar-refractivity contribution is 0.0406. The van der Waals surface area contributed by atoms with Crippen LogP contribution in [0.2, 0.25) is 0 Å². The van der Waals surface area contributed by atoms with Crippen LogP contribution in [-0.2, 0) is 20.7 Å². The van der Waals surface area contributed by atoms with Gasteiger partial charge in [-0.2, -0.15) is 8.42 Å². The molecule has 3 atom stereocenters. The Morgan fingerprint density at radius 2 is 1.94 bits per heavy atom. The minimum Gasteiger partial charge on any atom is -0.361 e. The zero-order valence-electron chi connectivity index (χ0n) is 18.3. The Hall–Kier alpha value is -2.15. The SMILES string of the molecule is Cc1ccc(S(=O)(=O)OC[C@@H]2CC3c4cccc5[nH]cc(c45)C[C@H]3N(C(C)C)C2)cc1. The monoisotopic (exact) mass is 438 g/mol. The van der Waals surface area contributed by atoms with Crippen LogP contribution in [0.3, 0.4) is 0 Å². The van der Waals surface area contributed by atoms with Crippen LogP contribution >= 0.6 is 0 Å². The van der Waals surface area contributed by atoms with Crippen LogP contribution in [0.5, 0.6) is 0 Å². The summed E-state index contributed by atoms with van der Waals surface area (Å²) in [5.74, 6) is 0.554. The van der Waals surface area contributed by atoms with Gasteiger partial charge in [-0.3, -0.25) is 9.08 Å². The molecule has 2 heterocycles. The molecule has 0 saturated carbocycles. The Kier molecular flexibility index (Phi) is 5.19. The van der Waals surface area contributed by atoms with E-state index in [1.165, 1.54) is 22.0 Å². The van der Waals surface area contributed by atoms with Crippen molar-refractivity contribution < 1.29 is 12.6 Å². The molecular weight excluding hydrogens is 408 g/mol. The van der Waals surface area contributed by atoms with E-state index < -0.39 is 10.1 Å². The fourth-order valence-corrected chi connectivity index (χ4v) is 6.48. The summed E-state index contributed by atoms with van der Waals surface area (Å²) < 4.78 is 31.0. The van der Waals surface area contributed by atoms with Crippen LogP contribution < -0.4 is 0 Å². The zero-order valence-corrected chi connectivity index (χ0v) is 19.2. The first kappa shape index (κ1) is 20.7. The van der Waals surface area contributed by atoms with E-state index in [1.807, 2.05) is 6.92 Å². The lowest BCUT2D eigenvalue weighted by Crippen LogP contribution is -2.53. The smallest absolute Gasteiger partial charge is 0.296 e. The predicted octanol–water partition coefficient (Wildman–Crippen LogP) is 4.62. The number of hydrogen-bond donors (Lipinski definition) is 1. The molecule has 6 heteroatoms. The molecule has 0 radical (unpaired) electrons. The molecule has 0 amide bonds. The summed E-state index contributed by atoms with van der Waals surface area (Å²) in [6, 6.07) is 14.2. The predicted molar refractivity (Wildman–Crippen MR) is 123 cm³/mol. The Morgan fingerprint density at radius 3 is 2.68 bits per heavy atom. The number of nitrogens with one attached hydrogen (secondary N) is 1. The van der Waals surface area contributed by atoms with E-state index in [0.29, 0.717) is 18.0 Å². The quantitative estimate of drug-likeness (QED) is 0.591. The number of aryl methyl sites for hydroxylation is 1. The van der Waals surface area contributed by atoms with E-state index in [1.54, 1.807) is 24.3 Å². The standard InChI is InChI=1S/C25H30N2O3S/c1-16(2)27-14-18(15-30-31(28,29)20-9-7-17(3)8-10-20)11-22-21-5-4-6-23-25(21)19(13-26-23)12-24(22)27/h4-10,13,16,18,22,24,26H,11-12,14-15H2,1-3H3/t18-,22?,24-/m1/s1. The van der Waals surface area contributed by atoms with Gasteiger partial charge in [-0.05, 0) is 68.9 Å². The fourth-order valence-electron chi connectivity index (χ4n) is 5.50. The molecule has 1 fully saturated rings. The van der Waals surface area contributed by atoms with Crippen molar-refractivity contribution in [1.29, 1.82) is 0 Å². The Labute approximate surface area is 184 Å². The van der Waals surface area contributed by atoms with Crippen molar-refractivity contribution in [2.24, 2.45) is 5.92 Å². The average Bonchev–Trinajstić information content (AvgIpc) is 3.16. The minimum absolute atomic E-state index is 0.166. The van der Waals surface area contributed by atoms with Gasteiger partial charge in [-0.25, -0.2) is 0 Å². The molecule has 2 aromatic carbocycles. The number of hydrogen-bond acceptors (Lipinski definition) is 4. The highest BCUT2D eigenvalue weighted by molar-refractivity contribution is 7.86. The van der Waals surface area contributed by atoms with Gasteiger partial charge < -0.3 is 4.98 Å². The van der Waals surface area contributed by atoms with Crippen molar-refractivity contribution in [2.75, 3.05) is 13.2 Å². The lowest BCUT2D eigenvalue weighted by atomic mass is 9.72. The highest BCUT2D eigenvalue weighted by Gasteiger charge is 2.42. The number of piperidine rings is 1. The van der Waals surface area contributed by atoms with Crippen LogP contribution in [0.15, 0.2) is 53.6 Å². The van der Waals surface area contributed by atoms with E-state index >= 15 is 0 Å². The normalized spacial score (nSPS) is 23.9. The molecule has 1 N–H and O–H groups in total. The third-order valence-electron chi connectivity index (χ3n) is 7.03. The van der Waals surface area contributed by atoms with Gasteiger partial charge in [-0.1, -0.05) is 29.8 Å². The average molecular weight is 439 g/mol. The topological polar surface area (TPSA) is 62.4 Å². The van der Waals surface area contributed by atoms with E-state index in [0.717, 1.165) is 24.9 Å². The molecule has 0 bridgehead atoms. The van der Waals surface area contributed by atoms with Gasteiger partial charge >= 0.3 is 0 Å². The molecule has 164 valence electrons. The van der Waals surface area contributed by atoms with Crippen LogP contribution in [0.25, 0.3) is 10.9 Å². The zero-order chi connectivity index (χ0) is 21.8. The van der Waals surface area contributed by atoms with E-state index in [4.69, 9.17) is 4.18 Å². The van der Waals surface area contributed by atoms with Gasteiger partial charge in [0.25, 0.3) is 10.1 Å². The number of likely N-dealkylation sites (tertiary alicyclic amines) is 1. The third kappa shape index (κ3) is 3.71. The highest BCUT2D eigenvalue weighted by Crippen LogP contribution is 2.45. The molecule has 2 aliphatic rings. The molecule has 5 nitrogen and oxygen atoms in total. The molecule has 3 aromatic rings. The first-order valence-electron chi connectivity index (χ1n) is 11.1. The van der Waals surface area contributed by atoms with Crippen molar-refractivity contribution in [3.05, 3.63) is 65.4 Å². The molecule has 31 heavy (non-hydrogen) atoms. The number of fused-ring (bicyclic) bond motifs is 2. The lowest BCUT2D eigenvalue weighted by Gasteiger charge is -2.48. The number of benzene rings is 2. The third-order valence-corrected chi connectivity index (χ3v) is 8.32. The first-order chi connectivity index (χ1) is 14.8. The van der Waals surface area contributed by atoms with Gasteiger partial charge in [-0.15, -0.1) is 0 Å². The largest absolute Gasteiger partial charge is 0.361 e. The molecule has 1 unspecified atom stereocenters. The highest BCUT2D eigenvalue weighted by atomic mass is 32.2. The van der Waals surface area contributed by atoms with Gasteiger partial charge in [0.05, 0.1) is 11.5 Å². The molecule has 1 aliphatic carbocycles. The van der Waals surface area contributed by atoms with Crippen LogP contribution in [0.4, 0.5) is 0 Å². The maximum atomic E-state index is 12.7. The van der Waals surface area contributed by atoms with Crippen LogP contribution in [0.1, 0.15) is 42.9 Å². The van der Waals surface area contributed by atoms with Gasteiger partial charge in [0.1, 0.15) is 0 Å². The summed E-state index contributed by atoms with van der Waals surface area (Å²) in [5.41, 5.74) is 5.01. The number of H-pyrrole nitrogens is 1. The molecular formula is C25H30N2O3S. The minimum atomic E-state index is -3.75. The molecule has 1 aliphatic heterocycles. The van der Waals surface area contributed by atoms with Crippen molar-refractivity contribution in [3.8, 4) is 0 Å². The second kappa shape index (κ2) is 7.76. The molecule has 5 rings (SSSR count). The van der Waals surface area contributed by atoms with E-state index in [2.05, 4.69) is 48.1 Å². The molecule has 1 saturated heterocycles. The van der Waals surface area contributed by atoms with Crippen molar-refractivity contribution >= 4 is 21.0 Å². The number of nitrogens with zero attached hydrogens (tertiary/aromatic N) is 1. The van der Waals surface area contributed by atoms with Crippen LogP contribution in [-0.4, -0.2) is 43.5 Å². The van der Waals surface area contributed by atoms with Gasteiger partial charge in [0.2, 0.25) is 0 Å². The Bertz CT molecular complexity index is 1200. The van der Waals surface area contributed by atoms with Crippen molar-refractivity contribution in [2.45, 2.75) is 56.5 Å². The van der Waals surface area contributed by atoms with Gasteiger partial charge in [0.15, 0.2) is 0 Å². The van der Waals surface area contributed by atoms with Crippen LogP contribution in [0, 0.1) is 12.8 Å². The number of rotatable bonds is 5. The molecule has 0 spiro atoms. The second-order valence-electron chi connectivity index (χ2n) is 9.41. The summed E-state index contributed by atoms with van der Waals surface area (Å²) >= 11 is 0. The van der Waals surface area contributed by atoms with Gasteiger partial charge in [0, 0.05) is 41.6 Å². The van der Waals surface area contributed by atoms with E-state index in [-0.39, 0.29) is 17.4 Å². The number of aromatic nitrogens is 1. The summed E-state index contributed by atoms with van der Waals surface area (Å²) in [4.78, 5) is 6.21. The summed E-state index contributed by atoms with van der Waals surface area (Å²) in [7, 11) is -3.75. The van der Waals surface area contributed by atoms with E-state index in [9.17, 15) is 8.42 Å². The number of aromatic amines is 1. The molecule has 1 aromatic heterocycles.